The SMILES string of the molecule is [C-]#[N+][C@H](c1ccc(C)cc1C)S(=O)(=O)c1ccc(C)cc1. The van der Waals surface area contributed by atoms with Gasteiger partial charge in [0, 0.05) is 0 Å². The second-order valence-electron chi connectivity index (χ2n) is 5.20. The van der Waals surface area contributed by atoms with Crippen molar-refractivity contribution in [2.75, 3.05) is 0 Å². The highest BCUT2D eigenvalue weighted by molar-refractivity contribution is 7.91. The third-order valence-corrected chi connectivity index (χ3v) is 5.33. The lowest BCUT2D eigenvalue weighted by atomic mass is 10.1. The molecular weight excluding hydrogens is 282 g/mol. The summed E-state index contributed by atoms with van der Waals surface area (Å²) in [5.74, 6) is 0. The quantitative estimate of drug-likeness (QED) is 0.803. The van der Waals surface area contributed by atoms with Crippen LogP contribution < -0.4 is 0 Å². The number of benzene rings is 2. The van der Waals surface area contributed by atoms with Crippen LogP contribution in [0.1, 0.15) is 27.6 Å². The van der Waals surface area contributed by atoms with Crippen LogP contribution in [0.5, 0.6) is 0 Å². The Bertz CT molecular complexity index is 800. The highest BCUT2D eigenvalue weighted by Gasteiger charge is 2.35. The molecule has 108 valence electrons. The minimum absolute atomic E-state index is 0.189. The average Bonchev–Trinajstić information content (AvgIpc) is 2.42. The van der Waals surface area contributed by atoms with Crippen LogP contribution in [0.4, 0.5) is 0 Å². The Labute approximate surface area is 126 Å². The van der Waals surface area contributed by atoms with Gasteiger partial charge in [0.05, 0.1) is 10.5 Å². The van der Waals surface area contributed by atoms with Crippen LogP contribution in [0.2, 0.25) is 0 Å². The molecule has 0 amide bonds. The van der Waals surface area contributed by atoms with Gasteiger partial charge in [0.25, 0.3) is 9.84 Å². The standard InChI is InChI=1S/C17H17NO2S/c1-12-5-8-15(9-6-12)21(19,20)17(18-4)16-10-7-13(2)11-14(16)3/h5-11,17H,1-3H3/t17-/m0/s1. The van der Waals surface area contributed by atoms with E-state index in [4.69, 9.17) is 6.57 Å². The van der Waals surface area contributed by atoms with Crippen molar-refractivity contribution >= 4 is 9.84 Å². The summed E-state index contributed by atoms with van der Waals surface area (Å²) in [6.07, 6.45) is 0. The molecule has 0 radical (unpaired) electrons. The van der Waals surface area contributed by atoms with Crippen LogP contribution in [-0.4, -0.2) is 8.42 Å². The molecule has 2 aromatic rings. The molecule has 3 nitrogen and oxygen atoms in total. The molecule has 0 spiro atoms. The molecule has 0 aliphatic carbocycles. The first kappa shape index (κ1) is 15.3. The zero-order valence-corrected chi connectivity index (χ0v) is 13.1. The van der Waals surface area contributed by atoms with E-state index in [1.165, 1.54) is 0 Å². The molecule has 4 heteroatoms. The van der Waals surface area contributed by atoms with Crippen LogP contribution >= 0.6 is 0 Å². The van der Waals surface area contributed by atoms with Crippen molar-refractivity contribution in [3.63, 3.8) is 0 Å². The van der Waals surface area contributed by atoms with Crippen molar-refractivity contribution in [3.05, 3.63) is 76.1 Å². The topological polar surface area (TPSA) is 38.5 Å². The number of aryl methyl sites for hydroxylation is 3. The molecule has 0 saturated heterocycles. The minimum atomic E-state index is -3.71. The lowest BCUT2D eigenvalue weighted by molar-refractivity contribution is 0.590. The molecule has 0 bridgehead atoms. The van der Waals surface area contributed by atoms with E-state index in [1.807, 2.05) is 32.9 Å². The summed E-state index contributed by atoms with van der Waals surface area (Å²) in [5, 5.41) is -1.19. The lowest BCUT2D eigenvalue weighted by Gasteiger charge is -2.11. The molecule has 21 heavy (non-hydrogen) atoms. The summed E-state index contributed by atoms with van der Waals surface area (Å²) in [7, 11) is -3.71. The van der Waals surface area contributed by atoms with Crippen LogP contribution in [0.15, 0.2) is 47.4 Å². The Morgan fingerprint density at radius 2 is 1.52 bits per heavy atom. The largest absolute Gasteiger partial charge is 0.350 e. The van der Waals surface area contributed by atoms with Crippen molar-refractivity contribution in [3.8, 4) is 0 Å². The second kappa shape index (κ2) is 5.71. The zero-order valence-electron chi connectivity index (χ0n) is 12.3. The van der Waals surface area contributed by atoms with E-state index in [9.17, 15) is 8.42 Å². The smallest absolute Gasteiger partial charge is 0.291 e. The van der Waals surface area contributed by atoms with Gasteiger partial charge < -0.3 is 0 Å². The van der Waals surface area contributed by atoms with E-state index >= 15 is 0 Å². The number of nitrogens with zero attached hydrogens (tertiary/aromatic N) is 1. The van der Waals surface area contributed by atoms with E-state index in [2.05, 4.69) is 4.85 Å². The highest BCUT2D eigenvalue weighted by atomic mass is 32.2. The van der Waals surface area contributed by atoms with E-state index in [-0.39, 0.29) is 4.90 Å². The minimum Gasteiger partial charge on any atom is -0.291 e. The third-order valence-electron chi connectivity index (χ3n) is 3.45. The number of rotatable bonds is 3. The monoisotopic (exact) mass is 299 g/mol. The summed E-state index contributed by atoms with van der Waals surface area (Å²) in [6, 6.07) is 12.1. The maximum absolute atomic E-state index is 12.7. The Kier molecular flexibility index (Phi) is 4.15. The predicted molar refractivity (Wildman–Crippen MR) is 83.6 cm³/mol. The summed E-state index contributed by atoms with van der Waals surface area (Å²) in [5.41, 5.74) is 3.41. The van der Waals surface area contributed by atoms with Gasteiger partial charge in [-0.1, -0.05) is 35.4 Å². The molecule has 0 aliphatic heterocycles. The van der Waals surface area contributed by atoms with Gasteiger partial charge in [0.2, 0.25) is 0 Å². The first-order chi connectivity index (χ1) is 9.86. The summed E-state index contributed by atoms with van der Waals surface area (Å²) in [6.45, 7) is 13.0. The predicted octanol–water partition coefficient (Wildman–Crippen LogP) is 4.00. The van der Waals surface area contributed by atoms with Gasteiger partial charge in [-0.2, -0.15) is 0 Å². The van der Waals surface area contributed by atoms with E-state index in [1.54, 1.807) is 30.3 Å². The van der Waals surface area contributed by atoms with E-state index < -0.39 is 15.2 Å². The van der Waals surface area contributed by atoms with Gasteiger partial charge in [-0.05, 0) is 44.5 Å². The first-order valence-corrected chi connectivity index (χ1v) is 8.15. The molecule has 0 aliphatic rings. The molecular formula is C17H17NO2S. The molecule has 0 heterocycles. The molecule has 0 aromatic heterocycles. The van der Waals surface area contributed by atoms with Crippen molar-refractivity contribution < 1.29 is 8.42 Å². The number of hydrogen-bond acceptors (Lipinski definition) is 2. The zero-order chi connectivity index (χ0) is 15.6. The van der Waals surface area contributed by atoms with Gasteiger partial charge in [-0.15, -0.1) is 0 Å². The summed E-state index contributed by atoms with van der Waals surface area (Å²) >= 11 is 0. The molecule has 0 N–H and O–H groups in total. The summed E-state index contributed by atoms with van der Waals surface area (Å²) in [4.78, 5) is 3.57. The van der Waals surface area contributed by atoms with Crippen LogP contribution in [-0.2, 0) is 9.84 Å². The van der Waals surface area contributed by atoms with Crippen LogP contribution in [0, 0.1) is 27.3 Å². The second-order valence-corrected chi connectivity index (χ2v) is 7.21. The molecule has 2 aromatic carbocycles. The normalized spacial score (nSPS) is 12.7. The molecule has 0 saturated carbocycles. The van der Waals surface area contributed by atoms with Crippen molar-refractivity contribution in [2.24, 2.45) is 0 Å². The maximum Gasteiger partial charge on any atom is 0.350 e. The van der Waals surface area contributed by atoms with E-state index in [0.717, 1.165) is 16.7 Å². The molecule has 0 fully saturated rings. The van der Waals surface area contributed by atoms with E-state index in [0.29, 0.717) is 5.56 Å². The van der Waals surface area contributed by atoms with Gasteiger partial charge in [0.1, 0.15) is 0 Å². The van der Waals surface area contributed by atoms with Crippen LogP contribution in [0.3, 0.4) is 0 Å². The average molecular weight is 299 g/mol. The van der Waals surface area contributed by atoms with Gasteiger partial charge in [-0.25, -0.2) is 15.0 Å². The Morgan fingerprint density at radius 3 is 2.05 bits per heavy atom. The first-order valence-electron chi connectivity index (χ1n) is 6.60. The van der Waals surface area contributed by atoms with Crippen molar-refractivity contribution in [1.29, 1.82) is 0 Å². The fourth-order valence-electron chi connectivity index (χ4n) is 2.27. The molecule has 2 rings (SSSR count). The highest BCUT2D eigenvalue weighted by Crippen LogP contribution is 2.32. The van der Waals surface area contributed by atoms with Gasteiger partial charge in [-0.3, -0.25) is 4.85 Å². The number of hydrogen-bond donors (Lipinski definition) is 0. The fraction of sp³-hybridized carbons (Fsp3) is 0.235. The third kappa shape index (κ3) is 2.98. The van der Waals surface area contributed by atoms with Crippen LogP contribution in [0.25, 0.3) is 4.85 Å². The molecule has 1 atom stereocenters. The Balaban J connectivity index is 2.55. The maximum atomic E-state index is 12.7. The van der Waals surface area contributed by atoms with Crippen molar-refractivity contribution in [1.82, 2.24) is 0 Å². The Hall–Kier alpha value is -2.12. The van der Waals surface area contributed by atoms with Gasteiger partial charge in [0.15, 0.2) is 0 Å². The molecule has 0 unspecified atom stereocenters. The Morgan fingerprint density at radius 1 is 0.952 bits per heavy atom. The van der Waals surface area contributed by atoms with Crippen molar-refractivity contribution in [2.45, 2.75) is 31.0 Å². The lowest BCUT2D eigenvalue weighted by Crippen LogP contribution is -2.12. The fourth-order valence-corrected chi connectivity index (χ4v) is 3.78. The summed E-state index contributed by atoms with van der Waals surface area (Å²) < 4.78 is 25.4. The number of sulfone groups is 1. The van der Waals surface area contributed by atoms with Gasteiger partial charge >= 0.3 is 5.37 Å².